The maximum Gasteiger partial charge on any atom is 0.344 e. The fourth-order valence-electron chi connectivity index (χ4n) is 3.94. The van der Waals surface area contributed by atoms with Crippen LogP contribution in [0.25, 0.3) is 11.1 Å². The topological polar surface area (TPSA) is 9.23 Å². The van der Waals surface area contributed by atoms with Gasteiger partial charge in [0.25, 0.3) is 0 Å². The summed E-state index contributed by atoms with van der Waals surface area (Å²) in [5.74, 6) is -6.00. The molecule has 1 fully saturated rings. The zero-order valence-electron chi connectivity index (χ0n) is 16.1. The van der Waals surface area contributed by atoms with Gasteiger partial charge in [-0.3, -0.25) is 0 Å². The van der Waals surface area contributed by atoms with Crippen LogP contribution < -0.4 is 4.74 Å². The van der Waals surface area contributed by atoms with E-state index in [1.165, 1.54) is 0 Å². The van der Waals surface area contributed by atoms with Crippen LogP contribution in [0, 0.1) is 29.2 Å². The third-order valence-corrected chi connectivity index (χ3v) is 5.59. The molecule has 0 heterocycles. The van der Waals surface area contributed by atoms with E-state index < -0.39 is 52.2 Å². The average molecular weight is 432 g/mol. The first kappa shape index (κ1) is 22.2. The van der Waals surface area contributed by atoms with E-state index in [-0.39, 0.29) is 5.92 Å². The normalized spacial score (nSPS) is 18.9. The molecular weight excluding hydrogens is 413 g/mol. The lowest BCUT2D eigenvalue weighted by molar-refractivity contribution is 0.227. The lowest BCUT2D eigenvalue weighted by atomic mass is 9.77. The zero-order chi connectivity index (χ0) is 22.0. The summed E-state index contributed by atoms with van der Waals surface area (Å²) in [5.41, 5.74) is -0.688. The van der Waals surface area contributed by atoms with Crippen molar-refractivity contribution < 1.29 is 35.5 Å². The Hall–Kier alpha value is -2.51. The largest absolute Gasteiger partial charge is 0.422 e. The highest BCUT2D eigenvalue weighted by molar-refractivity contribution is 5.66. The second-order valence-corrected chi connectivity index (χ2v) is 7.39. The first-order valence-electron chi connectivity index (χ1n) is 9.58. The van der Waals surface area contributed by atoms with Crippen LogP contribution in [0.15, 0.2) is 36.4 Å². The smallest absolute Gasteiger partial charge is 0.344 e. The predicted octanol–water partition coefficient (Wildman–Crippen LogP) is 8.01. The molecule has 8 heteroatoms. The SMILES string of the molecule is CC[C@H]1CC[C@H](c2cc(F)c(-c3cc(F)c(OC(F)=C(F)F)c(F)c3)c(F)c2)CC1. The van der Waals surface area contributed by atoms with Crippen molar-refractivity contribution in [3.05, 3.63) is 65.2 Å². The van der Waals surface area contributed by atoms with Gasteiger partial charge in [0.1, 0.15) is 11.6 Å². The van der Waals surface area contributed by atoms with E-state index in [1.807, 2.05) is 0 Å². The van der Waals surface area contributed by atoms with Crippen molar-refractivity contribution in [2.75, 3.05) is 0 Å². The van der Waals surface area contributed by atoms with Crippen LogP contribution in [0.5, 0.6) is 5.75 Å². The summed E-state index contributed by atoms with van der Waals surface area (Å²) in [6.45, 7) is 2.10. The van der Waals surface area contributed by atoms with Crippen molar-refractivity contribution in [3.8, 4) is 16.9 Å². The minimum absolute atomic E-state index is 0.000424. The molecule has 0 amide bonds. The minimum Gasteiger partial charge on any atom is -0.422 e. The molecule has 3 rings (SSSR count). The number of halogens is 7. The van der Waals surface area contributed by atoms with Crippen LogP contribution in [0.1, 0.15) is 50.5 Å². The molecule has 0 unspecified atom stereocenters. The lowest BCUT2D eigenvalue weighted by Gasteiger charge is -2.28. The number of hydrogen-bond donors (Lipinski definition) is 0. The van der Waals surface area contributed by atoms with Gasteiger partial charge in [0.15, 0.2) is 11.6 Å². The molecule has 0 atom stereocenters. The van der Waals surface area contributed by atoms with Gasteiger partial charge in [-0.05, 0) is 72.9 Å². The lowest BCUT2D eigenvalue weighted by Crippen LogP contribution is -2.13. The van der Waals surface area contributed by atoms with Crippen LogP contribution in [0.2, 0.25) is 0 Å². The van der Waals surface area contributed by atoms with E-state index >= 15 is 0 Å². The Morgan fingerprint density at radius 3 is 1.83 bits per heavy atom. The molecule has 162 valence electrons. The first-order valence-corrected chi connectivity index (χ1v) is 9.58. The second-order valence-electron chi connectivity index (χ2n) is 7.39. The van der Waals surface area contributed by atoms with Crippen molar-refractivity contribution in [1.29, 1.82) is 0 Å². The molecule has 2 aromatic rings. The standard InChI is InChI=1S/C22H19F7O/c1-2-11-3-5-12(6-4-11)13-7-15(23)19(16(24)8-13)14-9-17(25)20(18(26)10-14)30-22(29)21(27)28/h7-12H,2-6H2,1H3/t11-,12-. The average Bonchev–Trinajstić information content (AvgIpc) is 2.70. The Morgan fingerprint density at radius 2 is 1.37 bits per heavy atom. The number of ether oxygens (including phenoxy) is 1. The Labute approximate surface area is 169 Å². The Kier molecular flexibility index (Phi) is 6.73. The predicted molar refractivity (Wildman–Crippen MR) is 97.7 cm³/mol. The van der Waals surface area contributed by atoms with Crippen LogP contribution in [0.3, 0.4) is 0 Å². The molecular formula is C22H19F7O. The van der Waals surface area contributed by atoms with Crippen molar-refractivity contribution >= 4 is 0 Å². The number of hydrogen-bond acceptors (Lipinski definition) is 1. The maximum absolute atomic E-state index is 14.7. The third kappa shape index (κ3) is 4.63. The molecule has 2 aromatic carbocycles. The molecule has 0 aromatic heterocycles. The number of benzene rings is 2. The first-order chi connectivity index (χ1) is 14.2. The highest BCUT2D eigenvalue weighted by Gasteiger charge is 2.25. The molecule has 0 N–H and O–H groups in total. The van der Waals surface area contributed by atoms with Gasteiger partial charge in [0, 0.05) is 0 Å². The van der Waals surface area contributed by atoms with Crippen molar-refractivity contribution in [2.24, 2.45) is 5.92 Å². The van der Waals surface area contributed by atoms with E-state index in [4.69, 9.17) is 0 Å². The molecule has 0 radical (unpaired) electrons. The van der Waals surface area contributed by atoms with Crippen molar-refractivity contribution in [2.45, 2.75) is 44.9 Å². The summed E-state index contributed by atoms with van der Waals surface area (Å²) in [6.07, 6.45) is 1.69. The Bertz CT molecular complexity index is 912. The van der Waals surface area contributed by atoms with Gasteiger partial charge >= 0.3 is 12.1 Å². The van der Waals surface area contributed by atoms with Gasteiger partial charge in [-0.1, -0.05) is 13.3 Å². The van der Waals surface area contributed by atoms with Gasteiger partial charge in [-0.15, -0.1) is 0 Å². The van der Waals surface area contributed by atoms with Gasteiger partial charge < -0.3 is 4.74 Å². The molecule has 0 aliphatic heterocycles. The van der Waals surface area contributed by atoms with E-state index in [1.54, 1.807) is 0 Å². The van der Waals surface area contributed by atoms with Crippen molar-refractivity contribution in [1.82, 2.24) is 0 Å². The molecule has 0 saturated heterocycles. The van der Waals surface area contributed by atoms with Gasteiger partial charge in [0.2, 0.25) is 5.75 Å². The zero-order valence-corrected chi connectivity index (χ0v) is 16.1. The second kappa shape index (κ2) is 9.10. The summed E-state index contributed by atoms with van der Waals surface area (Å²) >= 11 is 0. The molecule has 30 heavy (non-hydrogen) atoms. The van der Waals surface area contributed by atoms with Crippen LogP contribution in [0.4, 0.5) is 30.7 Å². The quantitative estimate of drug-likeness (QED) is 0.344. The monoisotopic (exact) mass is 432 g/mol. The molecule has 1 aliphatic rings. The summed E-state index contributed by atoms with van der Waals surface area (Å²) < 4.78 is 98.4. The van der Waals surface area contributed by atoms with Crippen LogP contribution in [-0.2, 0) is 0 Å². The third-order valence-electron chi connectivity index (χ3n) is 5.59. The maximum atomic E-state index is 14.7. The van der Waals surface area contributed by atoms with E-state index in [9.17, 15) is 30.7 Å². The van der Waals surface area contributed by atoms with Crippen LogP contribution in [-0.4, -0.2) is 0 Å². The minimum atomic E-state index is -2.90. The molecule has 0 spiro atoms. The summed E-state index contributed by atoms with van der Waals surface area (Å²) in [7, 11) is 0. The van der Waals surface area contributed by atoms with Gasteiger partial charge in [-0.2, -0.15) is 13.2 Å². The van der Waals surface area contributed by atoms with E-state index in [0.29, 0.717) is 23.6 Å². The molecule has 0 bridgehead atoms. The molecule has 1 aliphatic carbocycles. The fraction of sp³-hybridized carbons (Fsp3) is 0.364. The highest BCUT2D eigenvalue weighted by Crippen LogP contribution is 2.40. The Morgan fingerprint density at radius 1 is 0.833 bits per heavy atom. The van der Waals surface area contributed by atoms with Gasteiger partial charge in [0.05, 0.1) is 5.56 Å². The summed E-state index contributed by atoms with van der Waals surface area (Å²) in [4.78, 5) is 0. The van der Waals surface area contributed by atoms with Gasteiger partial charge in [-0.25, -0.2) is 17.6 Å². The summed E-state index contributed by atoms with van der Waals surface area (Å²) in [6, 6.07) is 0.817. The van der Waals surface area contributed by atoms with Crippen LogP contribution >= 0.6 is 0 Å². The van der Waals surface area contributed by atoms with E-state index in [2.05, 4.69) is 11.7 Å². The number of rotatable bonds is 5. The fourth-order valence-corrected chi connectivity index (χ4v) is 3.94. The van der Waals surface area contributed by atoms with Crippen molar-refractivity contribution in [3.63, 3.8) is 0 Å². The Balaban J connectivity index is 1.92. The molecule has 1 saturated carbocycles. The highest BCUT2D eigenvalue weighted by atomic mass is 19.3. The van der Waals surface area contributed by atoms with E-state index in [0.717, 1.165) is 44.2 Å². The molecule has 1 nitrogen and oxygen atoms in total. The summed E-state index contributed by atoms with van der Waals surface area (Å²) in [5, 5.41) is 0.